The van der Waals surface area contributed by atoms with Crippen LogP contribution >= 0.6 is 0 Å². The fourth-order valence-electron chi connectivity index (χ4n) is 2.73. The summed E-state index contributed by atoms with van der Waals surface area (Å²) in [5, 5.41) is 12.8. The second-order valence-electron chi connectivity index (χ2n) is 4.76. The summed E-state index contributed by atoms with van der Waals surface area (Å²) in [6.07, 6.45) is 9.07. The average molecular weight is 219 g/mol. The summed E-state index contributed by atoms with van der Waals surface area (Å²) in [5.74, 6) is 0.549. The third-order valence-corrected chi connectivity index (χ3v) is 3.66. The van der Waals surface area contributed by atoms with Crippen molar-refractivity contribution < 1.29 is 0 Å². The zero-order valence-corrected chi connectivity index (χ0v) is 9.86. The van der Waals surface area contributed by atoms with Gasteiger partial charge in [0.2, 0.25) is 0 Å². The third kappa shape index (κ3) is 2.84. The van der Waals surface area contributed by atoms with Crippen LogP contribution in [0.5, 0.6) is 0 Å². The first-order chi connectivity index (χ1) is 7.92. The van der Waals surface area contributed by atoms with Gasteiger partial charge in [0.1, 0.15) is 6.04 Å². The minimum atomic E-state index is 0.129. The molecule has 2 rings (SSSR count). The Bertz CT molecular complexity index is 271. The smallest absolute Gasteiger partial charge is 0.101 e. The fraction of sp³-hybridized carbons (Fsp3) is 0.769. The van der Waals surface area contributed by atoms with Gasteiger partial charge in [-0.1, -0.05) is 12.2 Å². The lowest BCUT2D eigenvalue weighted by Gasteiger charge is -2.32. The maximum absolute atomic E-state index is 9.39. The van der Waals surface area contributed by atoms with Gasteiger partial charge in [-0.15, -0.1) is 0 Å². The van der Waals surface area contributed by atoms with Crippen molar-refractivity contribution in [3.8, 4) is 6.07 Å². The van der Waals surface area contributed by atoms with E-state index in [9.17, 15) is 5.26 Å². The number of nitriles is 1. The van der Waals surface area contributed by atoms with Crippen molar-refractivity contribution in [2.45, 2.75) is 31.7 Å². The van der Waals surface area contributed by atoms with E-state index in [4.69, 9.17) is 0 Å². The molecule has 0 aromatic carbocycles. The first kappa shape index (κ1) is 11.6. The molecule has 88 valence electrons. The van der Waals surface area contributed by atoms with Gasteiger partial charge in [0.15, 0.2) is 0 Å². The van der Waals surface area contributed by atoms with E-state index in [1.54, 1.807) is 0 Å². The molecule has 1 saturated heterocycles. The van der Waals surface area contributed by atoms with Crippen molar-refractivity contribution >= 4 is 0 Å². The van der Waals surface area contributed by atoms with Crippen molar-refractivity contribution in [3.63, 3.8) is 0 Å². The average Bonchev–Trinajstić information content (AvgIpc) is 2.61. The van der Waals surface area contributed by atoms with Gasteiger partial charge in [-0.25, -0.2) is 0 Å². The van der Waals surface area contributed by atoms with Crippen LogP contribution in [-0.2, 0) is 0 Å². The van der Waals surface area contributed by atoms with Crippen LogP contribution in [0.1, 0.15) is 25.7 Å². The van der Waals surface area contributed by atoms with Crippen LogP contribution < -0.4 is 5.32 Å². The van der Waals surface area contributed by atoms with Crippen molar-refractivity contribution in [1.82, 2.24) is 10.2 Å². The maximum atomic E-state index is 9.39. The molecule has 0 bridgehead atoms. The number of hydrogen-bond acceptors (Lipinski definition) is 3. The number of rotatable bonds is 2. The Morgan fingerprint density at radius 2 is 2.25 bits per heavy atom. The van der Waals surface area contributed by atoms with Crippen LogP contribution in [0.3, 0.4) is 0 Å². The van der Waals surface area contributed by atoms with Crippen molar-refractivity contribution in [2.24, 2.45) is 5.92 Å². The van der Waals surface area contributed by atoms with Crippen molar-refractivity contribution in [3.05, 3.63) is 12.2 Å². The molecule has 2 atom stereocenters. The predicted molar refractivity (Wildman–Crippen MR) is 64.9 cm³/mol. The van der Waals surface area contributed by atoms with Gasteiger partial charge in [-0.05, 0) is 38.1 Å². The Morgan fingerprint density at radius 1 is 1.31 bits per heavy atom. The zero-order chi connectivity index (χ0) is 11.2. The molecule has 1 aliphatic carbocycles. The summed E-state index contributed by atoms with van der Waals surface area (Å²) in [4.78, 5) is 2.38. The standard InChI is InChI=1S/C13H21N3/c14-11-13(12-5-2-1-3-6-12)16-9-4-7-15-8-10-16/h1-2,12-13,15H,3-10H2. The summed E-state index contributed by atoms with van der Waals surface area (Å²) < 4.78 is 0. The lowest BCUT2D eigenvalue weighted by Crippen LogP contribution is -2.42. The number of hydrogen-bond donors (Lipinski definition) is 1. The van der Waals surface area contributed by atoms with Crippen LogP contribution in [0.2, 0.25) is 0 Å². The molecule has 0 aromatic heterocycles. The van der Waals surface area contributed by atoms with Crippen LogP contribution in [-0.4, -0.2) is 37.1 Å². The van der Waals surface area contributed by atoms with Gasteiger partial charge in [0, 0.05) is 19.6 Å². The topological polar surface area (TPSA) is 39.1 Å². The number of nitrogens with zero attached hydrogens (tertiary/aromatic N) is 2. The molecule has 0 spiro atoms. The summed E-state index contributed by atoms with van der Waals surface area (Å²) in [6, 6.07) is 2.66. The Labute approximate surface area is 98.1 Å². The Balaban J connectivity index is 1.97. The SMILES string of the molecule is N#CC(C1CC=CCC1)N1CCCNCC1. The molecule has 0 saturated carbocycles. The molecule has 0 aromatic rings. The number of nitrogens with one attached hydrogen (secondary N) is 1. The van der Waals surface area contributed by atoms with Gasteiger partial charge in [-0.3, -0.25) is 4.90 Å². The van der Waals surface area contributed by atoms with Gasteiger partial charge in [0.25, 0.3) is 0 Å². The van der Waals surface area contributed by atoms with Gasteiger partial charge in [0.05, 0.1) is 6.07 Å². The first-order valence-corrected chi connectivity index (χ1v) is 6.41. The molecular formula is C13H21N3. The molecule has 2 aliphatic rings. The van der Waals surface area contributed by atoms with Crippen LogP contribution in [0.4, 0.5) is 0 Å². The molecule has 1 N–H and O–H groups in total. The minimum absolute atomic E-state index is 0.129. The van der Waals surface area contributed by atoms with Gasteiger partial charge >= 0.3 is 0 Å². The molecular weight excluding hydrogens is 198 g/mol. The Kier molecular flexibility index (Phi) is 4.38. The molecule has 16 heavy (non-hydrogen) atoms. The second kappa shape index (κ2) is 6.03. The summed E-state index contributed by atoms with van der Waals surface area (Å²) in [5.41, 5.74) is 0. The normalized spacial score (nSPS) is 29.3. The third-order valence-electron chi connectivity index (χ3n) is 3.66. The summed E-state index contributed by atoms with van der Waals surface area (Å²) >= 11 is 0. The van der Waals surface area contributed by atoms with Gasteiger partial charge in [-0.2, -0.15) is 5.26 Å². The van der Waals surface area contributed by atoms with E-state index >= 15 is 0 Å². The molecule has 0 radical (unpaired) electrons. The first-order valence-electron chi connectivity index (χ1n) is 6.41. The quantitative estimate of drug-likeness (QED) is 0.716. The maximum Gasteiger partial charge on any atom is 0.101 e. The molecule has 2 unspecified atom stereocenters. The summed E-state index contributed by atoms with van der Waals surface area (Å²) in [7, 11) is 0. The molecule has 3 heteroatoms. The van der Waals surface area contributed by atoms with Crippen LogP contribution in [0.25, 0.3) is 0 Å². The monoisotopic (exact) mass is 219 g/mol. The van der Waals surface area contributed by atoms with Crippen LogP contribution in [0, 0.1) is 17.2 Å². The highest BCUT2D eigenvalue weighted by Gasteiger charge is 2.27. The van der Waals surface area contributed by atoms with Crippen molar-refractivity contribution in [2.75, 3.05) is 26.2 Å². The van der Waals surface area contributed by atoms with E-state index < -0.39 is 0 Å². The largest absolute Gasteiger partial charge is 0.315 e. The minimum Gasteiger partial charge on any atom is -0.315 e. The van der Waals surface area contributed by atoms with E-state index in [1.807, 2.05) is 0 Å². The van der Waals surface area contributed by atoms with E-state index in [0.29, 0.717) is 5.92 Å². The molecule has 1 aliphatic heterocycles. The molecule has 1 fully saturated rings. The molecule has 0 amide bonds. The molecule has 1 heterocycles. The van der Waals surface area contributed by atoms with Crippen molar-refractivity contribution in [1.29, 1.82) is 5.26 Å². The van der Waals surface area contributed by atoms with Crippen LogP contribution in [0.15, 0.2) is 12.2 Å². The highest BCUT2D eigenvalue weighted by atomic mass is 15.2. The molecule has 3 nitrogen and oxygen atoms in total. The van der Waals surface area contributed by atoms with E-state index in [-0.39, 0.29) is 6.04 Å². The number of allylic oxidation sites excluding steroid dienone is 2. The van der Waals surface area contributed by atoms with E-state index in [0.717, 1.165) is 39.0 Å². The Hall–Kier alpha value is -0.850. The predicted octanol–water partition coefficient (Wildman–Crippen LogP) is 1.53. The van der Waals surface area contributed by atoms with Gasteiger partial charge < -0.3 is 5.32 Å². The second-order valence-corrected chi connectivity index (χ2v) is 4.76. The summed E-state index contributed by atoms with van der Waals surface area (Å²) in [6.45, 7) is 4.23. The lowest BCUT2D eigenvalue weighted by molar-refractivity contribution is 0.183. The highest BCUT2D eigenvalue weighted by molar-refractivity contribution is 5.03. The zero-order valence-electron chi connectivity index (χ0n) is 9.86. The van der Waals surface area contributed by atoms with E-state index in [1.165, 1.54) is 12.8 Å². The fourth-order valence-corrected chi connectivity index (χ4v) is 2.73. The Morgan fingerprint density at radius 3 is 3.00 bits per heavy atom. The highest BCUT2D eigenvalue weighted by Crippen LogP contribution is 2.25. The lowest BCUT2D eigenvalue weighted by atomic mass is 9.87. The van der Waals surface area contributed by atoms with E-state index in [2.05, 4.69) is 28.4 Å².